The van der Waals surface area contributed by atoms with E-state index in [0.717, 1.165) is 25.0 Å². The van der Waals surface area contributed by atoms with Crippen LogP contribution >= 0.6 is 0 Å². The minimum atomic E-state index is -4.60. The quantitative estimate of drug-likeness (QED) is 0.815. The van der Waals surface area contributed by atoms with E-state index in [1.807, 2.05) is 6.92 Å². The van der Waals surface area contributed by atoms with Crippen molar-refractivity contribution < 1.29 is 22.8 Å². The lowest BCUT2D eigenvalue weighted by Gasteiger charge is -2.28. The van der Waals surface area contributed by atoms with Crippen molar-refractivity contribution in [3.05, 3.63) is 29.8 Å². The first-order chi connectivity index (χ1) is 11.8. The lowest BCUT2D eigenvalue weighted by atomic mass is 9.84. The molecule has 2 N–H and O–H groups in total. The van der Waals surface area contributed by atoms with Gasteiger partial charge in [0.05, 0.1) is 11.3 Å². The summed E-state index contributed by atoms with van der Waals surface area (Å²) in [6, 6.07) is 4.45. The number of hydrogen-bond donors (Lipinski definition) is 2. The molecule has 2 aliphatic carbocycles. The highest BCUT2D eigenvalue weighted by Crippen LogP contribution is 2.49. The van der Waals surface area contributed by atoms with E-state index in [0.29, 0.717) is 17.8 Å². The SMILES string of the molecule is CC(NC(=O)C(=O)Nc1ccccc1C(F)(F)F)C1CC2CCC1C2. The van der Waals surface area contributed by atoms with E-state index >= 15 is 0 Å². The molecule has 4 unspecified atom stereocenters. The number of carbonyl (C=O) groups excluding carboxylic acids is 2. The Kier molecular flexibility index (Phi) is 4.75. The van der Waals surface area contributed by atoms with Gasteiger partial charge >= 0.3 is 18.0 Å². The van der Waals surface area contributed by atoms with Gasteiger partial charge in [-0.1, -0.05) is 18.6 Å². The number of halogens is 3. The number of amides is 2. The number of alkyl halides is 3. The summed E-state index contributed by atoms with van der Waals surface area (Å²) in [6.07, 6.45) is 0.00857. The average Bonchev–Trinajstić information content (AvgIpc) is 3.17. The van der Waals surface area contributed by atoms with Crippen LogP contribution in [0.4, 0.5) is 18.9 Å². The Hall–Kier alpha value is -2.05. The van der Waals surface area contributed by atoms with Gasteiger partial charge in [-0.3, -0.25) is 9.59 Å². The van der Waals surface area contributed by atoms with Gasteiger partial charge in [0.25, 0.3) is 0 Å². The lowest BCUT2D eigenvalue weighted by Crippen LogP contribution is -2.45. The number of fused-ring (bicyclic) bond motifs is 2. The topological polar surface area (TPSA) is 58.2 Å². The molecule has 0 heterocycles. The summed E-state index contributed by atoms with van der Waals surface area (Å²) in [5.74, 6) is -0.340. The van der Waals surface area contributed by atoms with Crippen LogP contribution < -0.4 is 10.6 Å². The van der Waals surface area contributed by atoms with Gasteiger partial charge in [0.1, 0.15) is 0 Å². The number of anilines is 1. The molecule has 2 bridgehead atoms. The second-order valence-electron chi connectivity index (χ2n) is 7.10. The smallest absolute Gasteiger partial charge is 0.345 e. The summed E-state index contributed by atoms with van der Waals surface area (Å²) in [5, 5.41) is 4.73. The van der Waals surface area contributed by atoms with Crippen LogP contribution in [0.2, 0.25) is 0 Å². The minimum absolute atomic E-state index is 0.161. The van der Waals surface area contributed by atoms with E-state index in [4.69, 9.17) is 0 Å². The fraction of sp³-hybridized carbons (Fsp3) is 0.556. The third-order valence-electron chi connectivity index (χ3n) is 5.48. The van der Waals surface area contributed by atoms with Crippen LogP contribution in [0, 0.1) is 17.8 Å². The highest BCUT2D eigenvalue weighted by Gasteiger charge is 2.42. The predicted molar refractivity (Wildman–Crippen MR) is 86.6 cm³/mol. The zero-order valence-electron chi connectivity index (χ0n) is 13.9. The predicted octanol–water partition coefficient (Wildman–Crippen LogP) is 3.58. The molecule has 1 aromatic carbocycles. The van der Waals surface area contributed by atoms with Crippen molar-refractivity contribution in [1.29, 1.82) is 0 Å². The van der Waals surface area contributed by atoms with Crippen LogP contribution in [0.5, 0.6) is 0 Å². The largest absolute Gasteiger partial charge is 0.418 e. The zero-order chi connectivity index (χ0) is 18.2. The molecule has 0 spiro atoms. The molecule has 4 nitrogen and oxygen atoms in total. The van der Waals surface area contributed by atoms with E-state index in [9.17, 15) is 22.8 Å². The molecule has 0 radical (unpaired) electrons. The molecular formula is C18H21F3N2O2. The zero-order valence-corrected chi connectivity index (χ0v) is 13.9. The Balaban J connectivity index is 1.61. The first-order valence-electron chi connectivity index (χ1n) is 8.53. The van der Waals surface area contributed by atoms with Crippen molar-refractivity contribution >= 4 is 17.5 Å². The number of nitrogens with one attached hydrogen (secondary N) is 2. The van der Waals surface area contributed by atoms with Crippen molar-refractivity contribution in [3.8, 4) is 0 Å². The van der Waals surface area contributed by atoms with Gasteiger partial charge in [-0.2, -0.15) is 13.2 Å². The van der Waals surface area contributed by atoms with Crippen LogP contribution in [0.15, 0.2) is 24.3 Å². The summed E-state index contributed by atoms with van der Waals surface area (Å²) in [5.41, 5.74) is -1.39. The summed E-state index contributed by atoms with van der Waals surface area (Å²) >= 11 is 0. The minimum Gasteiger partial charge on any atom is -0.345 e. The molecule has 25 heavy (non-hydrogen) atoms. The molecule has 0 aliphatic heterocycles. The van der Waals surface area contributed by atoms with Gasteiger partial charge in [-0.15, -0.1) is 0 Å². The molecule has 0 saturated heterocycles. The molecule has 1 aromatic rings. The third kappa shape index (κ3) is 3.80. The Labute approximate surface area is 144 Å². The van der Waals surface area contributed by atoms with Gasteiger partial charge in [-0.05, 0) is 56.1 Å². The van der Waals surface area contributed by atoms with Crippen LogP contribution in [-0.4, -0.2) is 17.9 Å². The van der Waals surface area contributed by atoms with Crippen LogP contribution in [0.1, 0.15) is 38.2 Å². The summed E-state index contributed by atoms with van der Waals surface area (Å²) < 4.78 is 38.8. The lowest BCUT2D eigenvalue weighted by molar-refractivity contribution is -0.138. The number of benzene rings is 1. The number of hydrogen-bond acceptors (Lipinski definition) is 2. The standard InChI is InChI=1S/C18H21F3N2O2/c1-10(13-9-11-6-7-12(13)8-11)22-16(24)17(25)23-15-5-3-2-4-14(15)18(19,20)21/h2-5,10-13H,6-9H2,1H3,(H,22,24)(H,23,25). The van der Waals surface area contributed by atoms with Crippen molar-refractivity contribution in [1.82, 2.24) is 5.32 Å². The Morgan fingerprint density at radius 2 is 1.84 bits per heavy atom. The van der Waals surface area contributed by atoms with Gasteiger partial charge in [0.15, 0.2) is 0 Å². The number of para-hydroxylation sites is 1. The average molecular weight is 354 g/mol. The second-order valence-corrected chi connectivity index (χ2v) is 7.10. The van der Waals surface area contributed by atoms with E-state index in [-0.39, 0.29) is 6.04 Å². The fourth-order valence-electron chi connectivity index (χ4n) is 4.30. The Morgan fingerprint density at radius 3 is 2.44 bits per heavy atom. The van der Waals surface area contributed by atoms with E-state index in [1.165, 1.54) is 25.0 Å². The molecule has 3 rings (SSSR count). The van der Waals surface area contributed by atoms with Gasteiger partial charge in [-0.25, -0.2) is 0 Å². The van der Waals surface area contributed by atoms with E-state index < -0.39 is 29.2 Å². The maximum Gasteiger partial charge on any atom is 0.418 e. The molecule has 2 saturated carbocycles. The molecule has 2 aliphatic rings. The molecule has 136 valence electrons. The Bertz CT molecular complexity index is 675. The molecule has 2 fully saturated rings. The molecular weight excluding hydrogens is 333 g/mol. The second kappa shape index (κ2) is 6.69. The van der Waals surface area contributed by atoms with Crippen molar-refractivity contribution in [2.75, 3.05) is 5.32 Å². The molecule has 2 amide bonds. The van der Waals surface area contributed by atoms with Crippen molar-refractivity contribution in [2.45, 2.75) is 44.8 Å². The molecule has 4 atom stereocenters. The molecule has 7 heteroatoms. The monoisotopic (exact) mass is 354 g/mol. The number of carbonyl (C=O) groups is 2. The first-order valence-corrected chi connectivity index (χ1v) is 8.53. The summed E-state index contributed by atoms with van der Waals surface area (Å²) in [7, 11) is 0. The first kappa shape index (κ1) is 17.8. The van der Waals surface area contributed by atoms with Crippen LogP contribution in [0.3, 0.4) is 0 Å². The van der Waals surface area contributed by atoms with E-state index in [1.54, 1.807) is 0 Å². The normalized spacial score (nSPS) is 26.3. The summed E-state index contributed by atoms with van der Waals surface area (Å²) in [4.78, 5) is 24.1. The van der Waals surface area contributed by atoms with E-state index in [2.05, 4.69) is 10.6 Å². The highest BCUT2D eigenvalue weighted by molar-refractivity contribution is 6.39. The van der Waals surface area contributed by atoms with Crippen molar-refractivity contribution in [2.24, 2.45) is 17.8 Å². The Morgan fingerprint density at radius 1 is 1.12 bits per heavy atom. The maximum absolute atomic E-state index is 12.9. The van der Waals surface area contributed by atoms with Crippen molar-refractivity contribution in [3.63, 3.8) is 0 Å². The van der Waals surface area contributed by atoms with Crippen LogP contribution in [-0.2, 0) is 15.8 Å². The summed E-state index contributed by atoms with van der Waals surface area (Å²) in [6.45, 7) is 1.86. The van der Waals surface area contributed by atoms with Gasteiger partial charge in [0.2, 0.25) is 0 Å². The van der Waals surface area contributed by atoms with Gasteiger partial charge in [0, 0.05) is 6.04 Å². The molecule has 0 aromatic heterocycles. The number of rotatable bonds is 3. The van der Waals surface area contributed by atoms with Gasteiger partial charge < -0.3 is 10.6 Å². The maximum atomic E-state index is 12.9. The van der Waals surface area contributed by atoms with Crippen LogP contribution in [0.25, 0.3) is 0 Å². The highest BCUT2D eigenvalue weighted by atomic mass is 19.4. The third-order valence-corrected chi connectivity index (χ3v) is 5.48. The fourth-order valence-corrected chi connectivity index (χ4v) is 4.30.